The first-order valence-corrected chi connectivity index (χ1v) is 5.01. The molecule has 0 N–H and O–H groups in total. The third kappa shape index (κ3) is 1.42. The third-order valence-electron chi connectivity index (χ3n) is 1.90. The second kappa shape index (κ2) is 3.26. The predicted molar refractivity (Wildman–Crippen MR) is 49.9 cm³/mol. The Morgan fingerprint density at radius 2 is 1.93 bits per heavy atom. The van der Waals surface area contributed by atoms with Gasteiger partial charge in [-0.25, -0.2) is 0 Å². The lowest BCUT2D eigenvalue weighted by atomic mass is 10.1. The van der Waals surface area contributed by atoms with Crippen molar-refractivity contribution in [2.75, 3.05) is 0 Å². The molecule has 0 aromatic heterocycles. The van der Waals surface area contributed by atoms with Crippen LogP contribution in [0.15, 0.2) is 24.3 Å². The molecule has 1 aromatic rings. The molecule has 2 rings (SSSR count). The van der Waals surface area contributed by atoms with Crippen LogP contribution >= 0.6 is 0 Å². The topological polar surface area (TPSA) is 60.4 Å². The van der Waals surface area contributed by atoms with E-state index in [2.05, 4.69) is 0 Å². The average Bonchev–Trinajstić information content (AvgIpc) is 2.17. The van der Waals surface area contributed by atoms with E-state index in [0.717, 1.165) is 0 Å². The van der Waals surface area contributed by atoms with Crippen molar-refractivity contribution in [3.8, 4) is 5.75 Å². The normalized spacial score (nSPS) is 14.6. The first-order valence-electron chi connectivity index (χ1n) is 3.93. The van der Waals surface area contributed by atoms with E-state index in [0.29, 0.717) is 11.3 Å². The van der Waals surface area contributed by atoms with Crippen molar-refractivity contribution >= 4 is 21.1 Å². The Balaban J connectivity index is 2.59. The van der Waals surface area contributed by atoms with Crippen molar-refractivity contribution in [2.24, 2.45) is 0 Å². The number of benzene rings is 1. The van der Waals surface area contributed by atoms with Gasteiger partial charge >= 0.3 is 0 Å². The molecule has 0 saturated carbocycles. The molecule has 0 unspecified atom stereocenters. The maximum absolute atomic E-state index is 11.4. The van der Waals surface area contributed by atoms with Crippen molar-refractivity contribution in [2.45, 2.75) is 6.42 Å². The zero-order valence-electron chi connectivity index (χ0n) is 7.06. The van der Waals surface area contributed by atoms with Crippen LogP contribution in [0.3, 0.4) is 0 Å². The summed E-state index contributed by atoms with van der Waals surface area (Å²) in [5.41, 5.74) is 0.432. The number of Topliss-reactive ketones (excluding diaryl/α,β-unsaturated/α-hetero) is 1. The van der Waals surface area contributed by atoms with Crippen molar-refractivity contribution < 1.29 is 17.9 Å². The van der Waals surface area contributed by atoms with Crippen molar-refractivity contribution in [3.63, 3.8) is 0 Å². The monoisotopic (exact) mass is 210 g/mol. The number of para-hydroxylation sites is 1. The molecule has 0 saturated heterocycles. The van der Waals surface area contributed by atoms with E-state index in [4.69, 9.17) is 4.74 Å². The summed E-state index contributed by atoms with van der Waals surface area (Å²) in [6.07, 6.45) is -0.187. The van der Waals surface area contributed by atoms with Gasteiger partial charge in [0.05, 0.1) is 12.0 Å². The fourth-order valence-electron chi connectivity index (χ4n) is 1.26. The maximum Gasteiger partial charge on any atom is 0.253 e. The molecule has 72 valence electrons. The van der Waals surface area contributed by atoms with Crippen LogP contribution < -0.4 is 4.74 Å². The highest BCUT2D eigenvalue weighted by molar-refractivity contribution is 7.72. The average molecular weight is 210 g/mol. The van der Waals surface area contributed by atoms with Crippen LogP contribution in [-0.4, -0.2) is 19.3 Å². The van der Waals surface area contributed by atoms with Crippen LogP contribution in [0.4, 0.5) is 0 Å². The summed E-state index contributed by atoms with van der Waals surface area (Å²) < 4.78 is 26.2. The largest absolute Gasteiger partial charge is 0.444 e. The molecule has 1 aliphatic heterocycles. The van der Waals surface area contributed by atoms with Gasteiger partial charge < -0.3 is 4.74 Å². The van der Waals surface area contributed by atoms with E-state index >= 15 is 0 Å². The minimum Gasteiger partial charge on any atom is -0.444 e. The summed E-state index contributed by atoms with van der Waals surface area (Å²) in [6, 6.07) is 6.57. The molecule has 1 heterocycles. The third-order valence-corrected chi connectivity index (χ3v) is 2.50. The van der Waals surface area contributed by atoms with Crippen LogP contribution in [0.5, 0.6) is 5.75 Å². The highest BCUT2D eigenvalue weighted by Crippen LogP contribution is 2.24. The molecular weight excluding hydrogens is 204 g/mol. The second-order valence-corrected chi connectivity index (χ2v) is 3.73. The summed E-state index contributed by atoms with van der Waals surface area (Å²) in [6.45, 7) is 0. The summed E-state index contributed by atoms with van der Waals surface area (Å²) in [4.78, 5) is 11.4. The smallest absolute Gasteiger partial charge is 0.253 e. The van der Waals surface area contributed by atoms with Gasteiger partial charge in [0, 0.05) is 0 Å². The van der Waals surface area contributed by atoms with Crippen LogP contribution in [0.1, 0.15) is 16.8 Å². The Hall–Kier alpha value is -1.62. The number of carbonyl (C=O) groups is 1. The SMILES string of the molecule is O=C1CC(=S(=O)=O)Oc2ccccc21. The van der Waals surface area contributed by atoms with Gasteiger partial charge in [0.15, 0.2) is 5.78 Å². The van der Waals surface area contributed by atoms with Crippen molar-refractivity contribution in [1.82, 2.24) is 0 Å². The first kappa shape index (κ1) is 8.96. The summed E-state index contributed by atoms with van der Waals surface area (Å²) in [5, 5.41) is -0.214. The minimum absolute atomic E-state index is 0.187. The highest BCUT2D eigenvalue weighted by atomic mass is 32.2. The fraction of sp³-hybridized carbons (Fsp3) is 0.111. The van der Waals surface area contributed by atoms with E-state index in [9.17, 15) is 13.2 Å². The summed E-state index contributed by atoms with van der Waals surface area (Å²) >= 11 is 0. The van der Waals surface area contributed by atoms with E-state index in [1.807, 2.05) is 0 Å². The van der Waals surface area contributed by atoms with Gasteiger partial charge in [0.2, 0.25) is 5.05 Å². The number of ether oxygens (including phenoxy) is 1. The van der Waals surface area contributed by atoms with Crippen molar-refractivity contribution in [1.29, 1.82) is 0 Å². The summed E-state index contributed by atoms with van der Waals surface area (Å²) in [5.74, 6) is 0.0778. The minimum atomic E-state index is -2.46. The first-order chi connectivity index (χ1) is 6.68. The number of fused-ring (bicyclic) bond motifs is 1. The Labute approximate surface area is 81.7 Å². The number of hydrogen-bond donors (Lipinski definition) is 0. The Morgan fingerprint density at radius 1 is 1.21 bits per heavy atom. The zero-order valence-corrected chi connectivity index (χ0v) is 7.87. The number of hydrogen-bond acceptors (Lipinski definition) is 4. The van der Waals surface area contributed by atoms with Gasteiger partial charge in [-0.05, 0) is 12.1 Å². The molecule has 0 atom stereocenters. The van der Waals surface area contributed by atoms with Gasteiger partial charge in [-0.15, -0.1) is 0 Å². The van der Waals surface area contributed by atoms with Gasteiger partial charge in [0.25, 0.3) is 10.3 Å². The standard InChI is InChI=1S/C9H6O4S/c10-7-5-9(14(11)12)13-8-4-2-1-3-6(7)8/h1-4H,5H2. The van der Waals surface area contributed by atoms with E-state index in [1.54, 1.807) is 24.3 Å². The van der Waals surface area contributed by atoms with Crippen LogP contribution in [0.2, 0.25) is 0 Å². The summed E-state index contributed by atoms with van der Waals surface area (Å²) in [7, 11) is -2.46. The van der Waals surface area contributed by atoms with E-state index < -0.39 is 10.3 Å². The predicted octanol–water partition coefficient (Wildman–Crippen LogP) is 0.661. The molecule has 4 nitrogen and oxygen atoms in total. The van der Waals surface area contributed by atoms with E-state index in [1.165, 1.54) is 0 Å². The number of ketones is 1. The number of carbonyl (C=O) groups excluding carboxylic acids is 1. The van der Waals surface area contributed by atoms with Crippen molar-refractivity contribution in [3.05, 3.63) is 29.8 Å². The quantitative estimate of drug-likeness (QED) is 0.590. The molecule has 14 heavy (non-hydrogen) atoms. The van der Waals surface area contributed by atoms with Gasteiger partial charge in [-0.2, -0.15) is 8.42 Å². The van der Waals surface area contributed by atoms with Crippen LogP contribution in [0, 0.1) is 0 Å². The lowest BCUT2D eigenvalue weighted by Crippen LogP contribution is -2.22. The molecule has 1 aromatic carbocycles. The Morgan fingerprint density at radius 3 is 2.64 bits per heavy atom. The van der Waals surface area contributed by atoms with Crippen LogP contribution in [0.25, 0.3) is 0 Å². The molecule has 0 amide bonds. The maximum atomic E-state index is 11.4. The van der Waals surface area contributed by atoms with Gasteiger partial charge in [-0.1, -0.05) is 12.1 Å². The molecule has 0 spiro atoms. The van der Waals surface area contributed by atoms with Crippen LogP contribution in [-0.2, 0) is 10.3 Å². The highest BCUT2D eigenvalue weighted by Gasteiger charge is 2.23. The second-order valence-electron chi connectivity index (χ2n) is 2.80. The van der Waals surface area contributed by atoms with Gasteiger partial charge in [0.1, 0.15) is 5.75 Å². The molecule has 0 bridgehead atoms. The number of rotatable bonds is 0. The molecule has 0 fully saturated rings. The Kier molecular flexibility index (Phi) is 2.09. The lowest BCUT2D eigenvalue weighted by molar-refractivity contribution is 0.0988. The fourth-order valence-corrected chi connectivity index (χ4v) is 1.67. The Bertz CT molecular complexity index is 519. The molecular formula is C9H6O4S. The molecule has 0 aliphatic carbocycles. The lowest BCUT2D eigenvalue weighted by Gasteiger charge is -2.14. The molecule has 0 radical (unpaired) electrons. The van der Waals surface area contributed by atoms with E-state index in [-0.39, 0.29) is 17.3 Å². The zero-order chi connectivity index (χ0) is 10.1. The van der Waals surface area contributed by atoms with Gasteiger partial charge in [-0.3, -0.25) is 4.79 Å². The molecule has 5 heteroatoms. The molecule has 1 aliphatic rings.